The molecule has 1 atom stereocenters. The Morgan fingerprint density at radius 2 is 2.12 bits per heavy atom. The Morgan fingerprint density at radius 3 is 2.79 bits per heavy atom. The highest BCUT2D eigenvalue weighted by Gasteiger charge is 2.42. The van der Waals surface area contributed by atoms with Crippen LogP contribution < -0.4 is 5.32 Å². The van der Waals surface area contributed by atoms with Gasteiger partial charge in [0.1, 0.15) is 0 Å². The zero-order chi connectivity index (χ0) is 17.8. The molecule has 0 spiro atoms. The lowest BCUT2D eigenvalue weighted by atomic mass is 9.90. The molecule has 1 aromatic rings. The maximum atomic E-state index is 12.7. The van der Waals surface area contributed by atoms with E-state index in [4.69, 9.17) is 0 Å². The van der Waals surface area contributed by atoms with Crippen LogP contribution in [0.3, 0.4) is 0 Å². The van der Waals surface area contributed by atoms with Crippen LogP contribution in [0.4, 0.5) is 0 Å². The molecule has 1 aliphatic heterocycles. The number of aliphatic hydroxyl groups excluding tert-OH is 1. The number of likely N-dealkylation sites (tertiary alicyclic amines) is 1. The molecule has 1 heterocycles. The first-order valence-corrected chi connectivity index (χ1v) is 8.65. The largest absolute Gasteiger partial charge is 0.396 e. The van der Waals surface area contributed by atoms with E-state index in [1.54, 1.807) is 4.90 Å². The van der Waals surface area contributed by atoms with Crippen LogP contribution in [0, 0.1) is 12.3 Å². The molecular formula is C19H30N2O3. The summed E-state index contributed by atoms with van der Waals surface area (Å²) in [5.41, 5.74) is 0.630. The fourth-order valence-corrected chi connectivity index (χ4v) is 3.07. The summed E-state index contributed by atoms with van der Waals surface area (Å²) in [6.07, 6.45) is 1.27. The molecule has 1 unspecified atom stereocenters. The average molecular weight is 334 g/mol. The summed E-state index contributed by atoms with van der Waals surface area (Å²) in [7, 11) is 0. The lowest BCUT2D eigenvalue weighted by molar-refractivity contribution is -0.157. The first kappa shape index (κ1) is 18.9. The zero-order valence-electron chi connectivity index (χ0n) is 15.0. The summed E-state index contributed by atoms with van der Waals surface area (Å²) in [4.78, 5) is 14.5. The third kappa shape index (κ3) is 4.79. The third-order valence-electron chi connectivity index (χ3n) is 4.61. The molecular weight excluding hydrogens is 304 g/mol. The minimum absolute atomic E-state index is 0.0614. The minimum Gasteiger partial charge on any atom is -0.396 e. The van der Waals surface area contributed by atoms with Gasteiger partial charge >= 0.3 is 0 Å². The van der Waals surface area contributed by atoms with Crippen molar-refractivity contribution in [2.75, 3.05) is 26.2 Å². The number of aliphatic hydroxyl groups is 2. The smallest absolute Gasteiger partial charge is 0.256 e. The van der Waals surface area contributed by atoms with Crippen LogP contribution in [0.5, 0.6) is 0 Å². The van der Waals surface area contributed by atoms with Crippen molar-refractivity contribution in [1.29, 1.82) is 0 Å². The predicted molar refractivity (Wildman–Crippen MR) is 94.5 cm³/mol. The molecule has 0 aromatic heterocycles. The number of carbonyl (C=O) groups is 1. The van der Waals surface area contributed by atoms with Crippen LogP contribution in [0.25, 0.3) is 0 Å². The standard InChI is InChI=1S/C19H30N2O3/c1-15-6-4-7-16(10-15)11-21-9-5-8-19(24,17(21)23)13-20-12-18(2,3)14-22/h4,6-7,10,20,22,24H,5,8-9,11-14H2,1-3H3. The van der Waals surface area contributed by atoms with Gasteiger partial charge in [-0.1, -0.05) is 43.7 Å². The predicted octanol–water partition coefficient (Wildman–Crippen LogP) is 1.46. The zero-order valence-corrected chi connectivity index (χ0v) is 15.0. The second-order valence-corrected chi connectivity index (χ2v) is 7.78. The van der Waals surface area contributed by atoms with Gasteiger partial charge < -0.3 is 20.4 Å². The van der Waals surface area contributed by atoms with Crippen molar-refractivity contribution in [2.45, 2.75) is 45.8 Å². The Hall–Kier alpha value is -1.43. The lowest BCUT2D eigenvalue weighted by Crippen LogP contribution is -2.58. The summed E-state index contributed by atoms with van der Waals surface area (Å²) in [6, 6.07) is 8.10. The Kier molecular flexibility index (Phi) is 6.01. The van der Waals surface area contributed by atoms with Crippen LogP contribution in [-0.4, -0.2) is 52.9 Å². The van der Waals surface area contributed by atoms with E-state index in [-0.39, 0.29) is 24.5 Å². The molecule has 5 heteroatoms. The molecule has 1 aromatic carbocycles. The second-order valence-electron chi connectivity index (χ2n) is 7.78. The molecule has 5 nitrogen and oxygen atoms in total. The molecule has 2 rings (SSSR count). The van der Waals surface area contributed by atoms with Gasteiger partial charge in [-0.15, -0.1) is 0 Å². The molecule has 134 valence electrons. The number of nitrogens with zero attached hydrogens (tertiary/aromatic N) is 1. The number of benzene rings is 1. The third-order valence-corrected chi connectivity index (χ3v) is 4.61. The van der Waals surface area contributed by atoms with E-state index < -0.39 is 5.60 Å². The molecule has 1 saturated heterocycles. The average Bonchev–Trinajstić information content (AvgIpc) is 2.52. The SMILES string of the molecule is Cc1cccc(CN2CCCC(O)(CNCC(C)(C)CO)C2=O)c1. The Balaban J connectivity index is 1.97. The number of hydrogen-bond donors (Lipinski definition) is 3. The van der Waals surface area contributed by atoms with Crippen molar-refractivity contribution < 1.29 is 15.0 Å². The first-order chi connectivity index (χ1) is 11.3. The fraction of sp³-hybridized carbons (Fsp3) is 0.632. The Morgan fingerprint density at radius 1 is 1.38 bits per heavy atom. The van der Waals surface area contributed by atoms with Crippen LogP contribution in [0.15, 0.2) is 24.3 Å². The topological polar surface area (TPSA) is 72.8 Å². The maximum Gasteiger partial charge on any atom is 0.256 e. The summed E-state index contributed by atoms with van der Waals surface area (Å²) in [6.45, 7) is 7.96. The van der Waals surface area contributed by atoms with E-state index >= 15 is 0 Å². The number of amides is 1. The molecule has 24 heavy (non-hydrogen) atoms. The molecule has 0 saturated carbocycles. The van der Waals surface area contributed by atoms with Gasteiger partial charge in [-0.2, -0.15) is 0 Å². The number of hydrogen-bond acceptors (Lipinski definition) is 4. The number of piperidine rings is 1. The fourth-order valence-electron chi connectivity index (χ4n) is 3.07. The van der Waals surface area contributed by atoms with Gasteiger partial charge in [0, 0.05) is 38.2 Å². The van der Waals surface area contributed by atoms with Gasteiger partial charge in [0.15, 0.2) is 5.60 Å². The lowest BCUT2D eigenvalue weighted by Gasteiger charge is -2.39. The van der Waals surface area contributed by atoms with Crippen LogP contribution in [0.2, 0.25) is 0 Å². The highest BCUT2D eigenvalue weighted by Crippen LogP contribution is 2.24. The molecule has 1 amide bonds. The molecule has 0 bridgehead atoms. The molecule has 3 N–H and O–H groups in total. The minimum atomic E-state index is -1.35. The van der Waals surface area contributed by atoms with E-state index in [1.807, 2.05) is 39.0 Å². The van der Waals surface area contributed by atoms with Gasteiger partial charge in [-0.3, -0.25) is 4.79 Å². The van der Waals surface area contributed by atoms with Gasteiger partial charge in [0.2, 0.25) is 0 Å². The summed E-state index contributed by atoms with van der Waals surface area (Å²) in [5, 5.41) is 23.2. The highest BCUT2D eigenvalue weighted by atomic mass is 16.3. The van der Waals surface area contributed by atoms with E-state index in [0.717, 1.165) is 12.0 Å². The van der Waals surface area contributed by atoms with E-state index in [0.29, 0.717) is 26.1 Å². The summed E-state index contributed by atoms with van der Waals surface area (Å²) in [5.74, 6) is -0.204. The van der Waals surface area contributed by atoms with Crippen molar-refractivity contribution in [2.24, 2.45) is 5.41 Å². The molecule has 1 fully saturated rings. The molecule has 0 radical (unpaired) electrons. The number of carbonyl (C=O) groups excluding carboxylic acids is 1. The number of rotatable bonds is 7. The molecule has 0 aliphatic carbocycles. The van der Waals surface area contributed by atoms with Gasteiger partial charge in [-0.05, 0) is 25.3 Å². The monoisotopic (exact) mass is 334 g/mol. The van der Waals surface area contributed by atoms with Crippen molar-refractivity contribution in [1.82, 2.24) is 10.2 Å². The van der Waals surface area contributed by atoms with Crippen molar-refractivity contribution >= 4 is 5.91 Å². The van der Waals surface area contributed by atoms with E-state index in [2.05, 4.69) is 11.4 Å². The van der Waals surface area contributed by atoms with Crippen molar-refractivity contribution in [3.8, 4) is 0 Å². The second kappa shape index (κ2) is 7.64. The number of aryl methyl sites for hydroxylation is 1. The number of nitrogens with one attached hydrogen (secondary N) is 1. The van der Waals surface area contributed by atoms with Crippen LogP contribution in [-0.2, 0) is 11.3 Å². The van der Waals surface area contributed by atoms with E-state index in [9.17, 15) is 15.0 Å². The Bertz CT molecular complexity index is 573. The van der Waals surface area contributed by atoms with Gasteiger partial charge in [0.25, 0.3) is 5.91 Å². The normalized spacial score (nSPS) is 22.0. The van der Waals surface area contributed by atoms with Gasteiger partial charge in [0.05, 0.1) is 0 Å². The van der Waals surface area contributed by atoms with Crippen LogP contribution >= 0.6 is 0 Å². The summed E-state index contributed by atoms with van der Waals surface area (Å²) < 4.78 is 0. The van der Waals surface area contributed by atoms with E-state index in [1.165, 1.54) is 5.56 Å². The maximum absolute atomic E-state index is 12.7. The van der Waals surface area contributed by atoms with Crippen molar-refractivity contribution in [3.05, 3.63) is 35.4 Å². The van der Waals surface area contributed by atoms with Crippen molar-refractivity contribution in [3.63, 3.8) is 0 Å². The first-order valence-electron chi connectivity index (χ1n) is 8.65. The quantitative estimate of drug-likeness (QED) is 0.706. The molecule has 1 aliphatic rings. The van der Waals surface area contributed by atoms with Crippen LogP contribution in [0.1, 0.15) is 37.8 Å². The van der Waals surface area contributed by atoms with Gasteiger partial charge in [-0.25, -0.2) is 0 Å². The summed E-state index contributed by atoms with van der Waals surface area (Å²) >= 11 is 0. The highest BCUT2D eigenvalue weighted by molar-refractivity contribution is 5.86. The Labute approximate surface area is 144 Å².